The van der Waals surface area contributed by atoms with Gasteiger partial charge in [0.15, 0.2) is 0 Å². The molecule has 0 spiro atoms. The van der Waals surface area contributed by atoms with Crippen LogP contribution in [0, 0.1) is 11.3 Å². The summed E-state index contributed by atoms with van der Waals surface area (Å²) in [5, 5.41) is 0. The highest BCUT2D eigenvalue weighted by atomic mass is 35.5. The van der Waals surface area contributed by atoms with Crippen molar-refractivity contribution in [3.8, 4) is 0 Å². The second-order valence-electron chi connectivity index (χ2n) is 8.77. The van der Waals surface area contributed by atoms with Gasteiger partial charge in [-0.25, -0.2) is 0 Å². The zero-order chi connectivity index (χ0) is 18.2. The summed E-state index contributed by atoms with van der Waals surface area (Å²) in [6.07, 6.45) is 3.60. The molecule has 0 radical (unpaired) electrons. The van der Waals surface area contributed by atoms with Gasteiger partial charge in [0.05, 0.1) is 5.92 Å². The quantitative estimate of drug-likeness (QED) is 0.748. The Labute approximate surface area is 176 Å². The molecule has 3 aliphatic heterocycles. The number of likely N-dealkylation sites (N-methyl/N-ethyl adjacent to an activating group) is 1. The number of amides is 2. The maximum atomic E-state index is 12.9. The van der Waals surface area contributed by atoms with Gasteiger partial charge in [0.1, 0.15) is 0 Å². The van der Waals surface area contributed by atoms with Crippen molar-refractivity contribution in [2.75, 3.05) is 39.3 Å². The van der Waals surface area contributed by atoms with Gasteiger partial charge in [0.2, 0.25) is 11.8 Å². The predicted octanol–water partition coefficient (Wildman–Crippen LogP) is 1.75. The van der Waals surface area contributed by atoms with Crippen molar-refractivity contribution in [1.82, 2.24) is 14.7 Å². The third kappa shape index (κ3) is 5.28. The van der Waals surface area contributed by atoms with Crippen LogP contribution in [0.25, 0.3) is 0 Å². The molecule has 3 atom stereocenters. The van der Waals surface area contributed by atoms with E-state index in [-0.39, 0.29) is 54.0 Å². The summed E-state index contributed by atoms with van der Waals surface area (Å²) < 4.78 is 0. The lowest BCUT2D eigenvalue weighted by atomic mass is 9.79. The van der Waals surface area contributed by atoms with Gasteiger partial charge >= 0.3 is 0 Å². The van der Waals surface area contributed by atoms with Crippen molar-refractivity contribution in [2.24, 2.45) is 17.1 Å². The van der Waals surface area contributed by atoms with Crippen LogP contribution >= 0.6 is 24.8 Å². The van der Waals surface area contributed by atoms with Crippen molar-refractivity contribution < 1.29 is 9.59 Å². The van der Waals surface area contributed by atoms with Gasteiger partial charge in [0.25, 0.3) is 0 Å². The summed E-state index contributed by atoms with van der Waals surface area (Å²) in [5.41, 5.74) is 6.13. The lowest BCUT2D eigenvalue weighted by Gasteiger charge is -2.43. The first-order chi connectivity index (χ1) is 11.8. The molecule has 3 unspecified atom stereocenters. The Bertz CT molecular complexity index is 532. The van der Waals surface area contributed by atoms with E-state index in [0.29, 0.717) is 25.6 Å². The summed E-state index contributed by atoms with van der Waals surface area (Å²) in [6, 6.07) is 0.607. The van der Waals surface area contributed by atoms with E-state index >= 15 is 0 Å². The lowest BCUT2D eigenvalue weighted by Crippen LogP contribution is -2.55. The molecule has 2 N–H and O–H groups in total. The van der Waals surface area contributed by atoms with E-state index in [9.17, 15) is 9.59 Å². The van der Waals surface area contributed by atoms with Crippen molar-refractivity contribution in [3.05, 3.63) is 0 Å². The minimum Gasteiger partial charge on any atom is -0.342 e. The molecule has 27 heavy (non-hydrogen) atoms. The molecule has 0 bridgehead atoms. The van der Waals surface area contributed by atoms with Crippen LogP contribution in [0.15, 0.2) is 0 Å². The molecule has 0 aromatic carbocycles. The van der Waals surface area contributed by atoms with Crippen LogP contribution in [0.5, 0.6) is 0 Å². The highest BCUT2D eigenvalue weighted by Crippen LogP contribution is 2.30. The summed E-state index contributed by atoms with van der Waals surface area (Å²) >= 11 is 0. The second kappa shape index (κ2) is 9.77. The molecule has 158 valence electrons. The Morgan fingerprint density at radius 3 is 2.56 bits per heavy atom. The summed E-state index contributed by atoms with van der Waals surface area (Å²) in [5.74, 6) is 0.123. The molecular weight excluding hydrogens is 387 g/mol. The van der Waals surface area contributed by atoms with E-state index in [1.54, 1.807) is 0 Å². The number of piperidine rings is 1. The molecule has 8 heteroatoms. The first kappa shape index (κ1) is 24.5. The number of rotatable bonds is 4. The Balaban J connectivity index is 0.00000182. The molecule has 3 rings (SSSR count). The molecule has 3 fully saturated rings. The van der Waals surface area contributed by atoms with Crippen LogP contribution in [0.4, 0.5) is 0 Å². The third-order valence-electron chi connectivity index (χ3n) is 6.52. The fourth-order valence-electron chi connectivity index (χ4n) is 4.71. The van der Waals surface area contributed by atoms with Crippen LogP contribution in [0.2, 0.25) is 0 Å². The van der Waals surface area contributed by atoms with Crippen LogP contribution in [-0.4, -0.2) is 77.9 Å². The van der Waals surface area contributed by atoms with Gasteiger partial charge in [-0.15, -0.1) is 24.8 Å². The molecule has 3 saturated heterocycles. The molecule has 3 heterocycles. The van der Waals surface area contributed by atoms with E-state index in [4.69, 9.17) is 5.73 Å². The minimum atomic E-state index is -0.172. The van der Waals surface area contributed by atoms with E-state index in [1.165, 1.54) is 6.42 Å². The van der Waals surface area contributed by atoms with Crippen molar-refractivity contribution >= 4 is 36.6 Å². The van der Waals surface area contributed by atoms with Gasteiger partial charge in [0, 0.05) is 44.7 Å². The molecule has 0 aromatic heterocycles. The molecule has 3 aliphatic rings. The van der Waals surface area contributed by atoms with Crippen LogP contribution in [0.1, 0.15) is 46.5 Å². The molecule has 0 saturated carbocycles. The van der Waals surface area contributed by atoms with E-state index in [2.05, 4.69) is 25.7 Å². The Morgan fingerprint density at radius 2 is 1.93 bits per heavy atom. The normalized spacial score (nSPS) is 30.8. The number of hydrogen-bond donors (Lipinski definition) is 1. The van der Waals surface area contributed by atoms with Gasteiger partial charge in [-0.05, 0) is 37.8 Å². The number of carbonyl (C=O) groups excluding carboxylic acids is 2. The second-order valence-corrected chi connectivity index (χ2v) is 8.77. The number of nitrogens with zero attached hydrogens (tertiary/aromatic N) is 3. The lowest BCUT2D eigenvalue weighted by molar-refractivity contribution is -0.139. The van der Waals surface area contributed by atoms with E-state index < -0.39 is 0 Å². The third-order valence-corrected chi connectivity index (χ3v) is 6.52. The number of hydrogen-bond acceptors (Lipinski definition) is 4. The molecule has 2 amide bonds. The topological polar surface area (TPSA) is 69.9 Å². The number of halogens is 2. The van der Waals surface area contributed by atoms with Crippen molar-refractivity contribution in [1.29, 1.82) is 0 Å². The first-order valence-electron chi connectivity index (χ1n) is 9.88. The standard InChI is InChI=1S/C19H34N4O2.2ClH/c1-4-21-8-5-6-15(21)12-23-11-14(10-17(23)24)18(25)22-9-7-16(20)19(2,3)13-22;;/h14-16H,4-13,20H2,1-3H3;2*1H. The van der Waals surface area contributed by atoms with Gasteiger partial charge in [-0.1, -0.05) is 20.8 Å². The maximum Gasteiger partial charge on any atom is 0.228 e. The molecular formula is C19H36Cl2N4O2. The monoisotopic (exact) mass is 422 g/mol. The summed E-state index contributed by atoms with van der Waals surface area (Å²) in [6.45, 7) is 11.4. The molecule has 6 nitrogen and oxygen atoms in total. The van der Waals surface area contributed by atoms with E-state index in [1.807, 2.05) is 9.80 Å². The highest BCUT2D eigenvalue weighted by molar-refractivity contribution is 5.89. The van der Waals surface area contributed by atoms with Crippen molar-refractivity contribution in [2.45, 2.75) is 58.5 Å². The number of carbonyl (C=O) groups is 2. The van der Waals surface area contributed by atoms with Gasteiger partial charge in [-0.2, -0.15) is 0 Å². The maximum absolute atomic E-state index is 12.9. The minimum absolute atomic E-state index is 0. The fraction of sp³-hybridized carbons (Fsp3) is 0.895. The average molecular weight is 423 g/mol. The molecule has 0 aromatic rings. The number of nitrogens with two attached hydrogens (primary N) is 1. The van der Waals surface area contributed by atoms with Gasteiger partial charge < -0.3 is 15.5 Å². The van der Waals surface area contributed by atoms with Crippen LogP contribution < -0.4 is 5.73 Å². The summed E-state index contributed by atoms with van der Waals surface area (Å²) in [4.78, 5) is 31.7. The fourth-order valence-corrected chi connectivity index (χ4v) is 4.71. The molecule has 0 aliphatic carbocycles. The highest BCUT2D eigenvalue weighted by Gasteiger charge is 2.41. The Morgan fingerprint density at radius 1 is 1.22 bits per heavy atom. The summed E-state index contributed by atoms with van der Waals surface area (Å²) in [7, 11) is 0. The van der Waals surface area contributed by atoms with Crippen molar-refractivity contribution in [3.63, 3.8) is 0 Å². The van der Waals surface area contributed by atoms with Crippen LogP contribution in [0.3, 0.4) is 0 Å². The first-order valence-corrected chi connectivity index (χ1v) is 9.88. The number of likely N-dealkylation sites (tertiary alicyclic amines) is 3. The SMILES string of the molecule is CCN1CCCC1CN1CC(C(=O)N2CCC(N)C(C)(C)C2)CC1=O.Cl.Cl. The Hall–Kier alpha value is -0.560. The smallest absolute Gasteiger partial charge is 0.228 e. The zero-order valence-electron chi connectivity index (χ0n) is 16.9. The predicted molar refractivity (Wildman–Crippen MR) is 112 cm³/mol. The Kier molecular flexibility index (Phi) is 8.86. The van der Waals surface area contributed by atoms with E-state index in [0.717, 1.165) is 39.0 Å². The average Bonchev–Trinajstić information content (AvgIpc) is 3.16. The zero-order valence-corrected chi connectivity index (χ0v) is 18.5. The largest absolute Gasteiger partial charge is 0.342 e. The van der Waals surface area contributed by atoms with Crippen LogP contribution in [-0.2, 0) is 9.59 Å². The van der Waals surface area contributed by atoms with Gasteiger partial charge in [-0.3, -0.25) is 14.5 Å².